The molecular weight excluding hydrogens is 216 g/mol. The lowest BCUT2D eigenvalue weighted by Crippen LogP contribution is -1.97. The molecule has 3 heteroatoms. The number of ether oxygens (including phenoxy) is 1. The van der Waals surface area contributed by atoms with Crippen molar-refractivity contribution in [3.8, 4) is 5.75 Å². The van der Waals surface area contributed by atoms with Crippen LogP contribution in [0.25, 0.3) is 10.8 Å². The van der Waals surface area contributed by atoms with Crippen LogP contribution in [0.15, 0.2) is 49.1 Å². The van der Waals surface area contributed by atoms with Gasteiger partial charge in [-0.1, -0.05) is 24.8 Å². The Kier molecular flexibility index (Phi) is 3.10. The van der Waals surface area contributed by atoms with Crippen LogP contribution < -0.4 is 4.74 Å². The van der Waals surface area contributed by atoms with Gasteiger partial charge in [-0.15, -0.1) is 0 Å². The fourth-order valence-electron chi connectivity index (χ4n) is 1.66. The third-order valence-electron chi connectivity index (χ3n) is 2.44. The highest BCUT2D eigenvalue weighted by Crippen LogP contribution is 2.26. The minimum Gasteiger partial charge on any atom is -0.489 e. The molecule has 0 atom stereocenters. The second-order valence-electron chi connectivity index (χ2n) is 3.60. The zero-order chi connectivity index (χ0) is 12.3. The summed E-state index contributed by atoms with van der Waals surface area (Å²) in [4.78, 5) is 10.9. The van der Waals surface area contributed by atoms with Crippen molar-refractivity contribution in [1.82, 2.24) is 0 Å². The van der Waals surface area contributed by atoms with Crippen molar-refractivity contribution in [2.24, 2.45) is 0 Å². The van der Waals surface area contributed by atoms with Gasteiger partial charge < -0.3 is 9.84 Å². The quantitative estimate of drug-likeness (QED) is 0.818. The van der Waals surface area contributed by atoms with E-state index in [9.17, 15) is 4.79 Å². The van der Waals surface area contributed by atoms with Crippen molar-refractivity contribution < 1.29 is 14.6 Å². The molecule has 3 nitrogen and oxygen atoms in total. The summed E-state index contributed by atoms with van der Waals surface area (Å²) < 4.78 is 5.50. The summed E-state index contributed by atoms with van der Waals surface area (Å²) in [6.07, 6.45) is 1.67. The standard InChI is InChI=1S/C14H12O3/c1-2-8-17-13-5-3-4-10-9-11(14(15)16)6-7-12(10)13/h2-7,9H,1,8H2,(H,15,16). The third-order valence-corrected chi connectivity index (χ3v) is 2.44. The molecular formula is C14H12O3. The number of rotatable bonds is 4. The monoisotopic (exact) mass is 228 g/mol. The van der Waals surface area contributed by atoms with E-state index in [0.29, 0.717) is 6.61 Å². The molecule has 0 aliphatic rings. The Hall–Kier alpha value is -2.29. The zero-order valence-corrected chi connectivity index (χ0v) is 9.22. The number of carboxylic acid groups (broad SMARTS) is 1. The summed E-state index contributed by atoms with van der Waals surface area (Å²) in [5.41, 5.74) is 0.276. The highest BCUT2D eigenvalue weighted by Gasteiger charge is 2.06. The van der Waals surface area contributed by atoms with Crippen molar-refractivity contribution in [3.05, 3.63) is 54.6 Å². The SMILES string of the molecule is C=CCOc1cccc2cc(C(=O)O)ccc12. The Bertz CT molecular complexity index is 573. The number of aromatic carboxylic acids is 1. The number of hydrogen-bond donors (Lipinski definition) is 1. The van der Waals surface area contributed by atoms with Gasteiger partial charge in [0.2, 0.25) is 0 Å². The molecule has 0 spiro atoms. The molecule has 2 rings (SSSR count). The fraction of sp³-hybridized carbons (Fsp3) is 0.0714. The molecule has 0 unspecified atom stereocenters. The topological polar surface area (TPSA) is 46.5 Å². The van der Waals surface area contributed by atoms with Crippen LogP contribution in [0.2, 0.25) is 0 Å². The number of hydrogen-bond acceptors (Lipinski definition) is 2. The molecule has 2 aromatic carbocycles. The van der Waals surface area contributed by atoms with Gasteiger partial charge >= 0.3 is 5.97 Å². The number of carboxylic acids is 1. The first-order valence-corrected chi connectivity index (χ1v) is 5.22. The van der Waals surface area contributed by atoms with Crippen LogP contribution in [-0.4, -0.2) is 17.7 Å². The summed E-state index contributed by atoms with van der Waals surface area (Å²) in [6, 6.07) is 10.5. The van der Waals surface area contributed by atoms with E-state index in [1.807, 2.05) is 18.2 Å². The predicted octanol–water partition coefficient (Wildman–Crippen LogP) is 3.10. The first-order chi connectivity index (χ1) is 8.22. The number of fused-ring (bicyclic) bond motifs is 1. The second kappa shape index (κ2) is 4.70. The summed E-state index contributed by atoms with van der Waals surface area (Å²) in [6.45, 7) is 4.02. The largest absolute Gasteiger partial charge is 0.489 e. The normalized spacial score (nSPS) is 10.1. The van der Waals surface area contributed by atoms with Gasteiger partial charge in [0.25, 0.3) is 0 Å². The van der Waals surface area contributed by atoms with Gasteiger partial charge in [0.1, 0.15) is 12.4 Å². The minimum absolute atomic E-state index is 0.276. The summed E-state index contributed by atoms with van der Waals surface area (Å²) in [5.74, 6) is -0.191. The average molecular weight is 228 g/mol. The van der Waals surface area contributed by atoms with Gasteiger partial charge in [-0.2, -0.15) is 0 Å². The molecule has 0 saturated carbocycles. The van der Waals surface area contributed by atoms with Gasteiger partial charge in [0.05, 0.1) is 5.56 Å². The lowest BCUT2D eigenvalue weighted by Gasteiger charge is -2.07. The smallest absolute Gasteiger partial charge is 0.335 e. The van der Waals surface area contributed by atoms with Crippen LogP contribution in [-0.2, 0) is 0 Å². The Labute approximate surface area is 99.0 Å². The molecule has 0 aliphatic carbocycles. The first-order valence-electron chi connectivity index (χ1n) is 5.22. The van der Waals surface area contributed by atoms with E-state index in [1.54, 1.807) is 24.3 Å². The molecule has 0 aromatic heterocycles. The third kappa shape index (κ3) is 2.28. The molecule has 0 bridgehead atoms. The maximum Gasteiger partial charge on any atom is 0.335 e. The first kappa shape index (κ1) is 11.2. The maximum absolute atomic E-state index is 10.9. The van der Waals surface area contributed by atoms with E-state index in [-0.39, 0.29) is 5.56 Å². The molecule has 86 valence electrons. The van der Waals surface area contributed by atoms with Crippen molar-refractivity contribution in [2.75, 3.05) is 6.61 Å². The Morgan fingerprint density at radius 1 is 1.35 bits per heavy atom. The number of benzene rings is 2. The van der Waals surface area contributed by atoms with E-state index in [0.717, 1.165) is 16.5 Å². The fourth-order valence-corrected chi connectivity index (χ4v) is 1.66. The molecule has 1 N–H and O–H groups in total. The van der Waals surface area contributed by atoms with Gasteiger partial charge in [0.15, 0.2) is 0 Å². The molecule has 0 fully saturated rings. The van der Waals surface area contributed by atoms with E-state index >= 15 is 0 Å². The van der Waals surface area contributed by atoms with Crippen molar-refractivity contribution in [2.45, 2.75) is 0 Å². The summed E-state index contributed by atoms with van der Waals surface area (Å²) >= 11 is 0. The van der Waals surface area contributed by atoms with Gasteiger partial charge in [-0.05, 0) is 29.7 Å². The Balaban J connectivity index is 2.50. The Morgan fingerprint density at radius 2 is 2.18 bits per heavy atom. The van der Waals surface area contributed by atoms with E-state index in [2.05, 4.69) is 6.58 Å². The Morgan fingerprint density at radius 3 is 2.88 bits per heavy atom. The zero-order valence-electron chi connectivity index (χ0n) is 9.22. The van der Waals surface area contributed by atoms with Crippen molar-refractivity contribution in [1.29, 1.82) is 0 Å². The number of carbonyl (C=O) groups is 1. The molecule has 17 heavy (non-hydrogen) atoms. The van der Waals surface area contributed by atoms with Gasteiger partial charge in [0, 0.05) is 5.39 Å². The lowest BCUT2D eigenvalue weighted by atomic mass is 10.1. The lowest BCUT2D eigenvalue weighted by molar-refractivity contribution is 0.0697. The highest BCUT2D eigenvalue weighted by molar-refractivity contribution is 5.96. The van der Waals surface area contributed by atoms with E-state index < -0.39 is 5.97 Å². The van der Waals surface area contributed by atoms with Gasteiger partial charge in [-0.25, -0.2) is 4.79 Å². The minimum atomic E-state index is -0.927. The average Bonchev–Trinajstić information content (AvgIpc) is 2.35. The molecule has 0 saturated heterocycles. The van der Waals surface area contributed by atoms with Crippen LogP contribution in [0, 0.1) is 0 Å². The molecule has 0 heterocycles. The maximum atomic E-state index is 10.9. The molecule has 0 aliphatic heterocycles. The summed E-state index contributed by atoms with van der Waals surface area (Å²) in [7, 11) is 0. The van der Waals surface area contributed by atoms with Crippen LogP contribution in [0.5, 0.6) is 5.75 Å². The van der Waals surface area contributed by atoms with E-state index in [1.165, 1.54) is 0 Å². The van der Waals surface area contributed by atoms with Crippen LogP contribution in [0.4, 0.5) is 0 Å². The van der Waals surface area contributed by atoms with Crippen molar-refractivity contribution >= 4 is 16.7 Å². The van der Waals surface area contributed by atoms with Crippen LogP contribution >= 0.6 is 0 Å². The molecule has 2 aromatic rings. The summed E-state index contributed by atoms with van der Waals surface area (Å²) in [5, 5.41) is 10.7. The van der Waals surface area contributed by atoms with Gasteiger partial charge in [-0.3, -0.25) is 0 Å². The molecule has 0 amide bonds. The van der Waals surface area contributed by atoms with Crippen LogP contribution in [0.1, 0.15) is 10.4 Å². The van der Waals surface area contributed by atoms with Crippen molar-refractivity contribution in [3.63, 3.8) is 0 Å². The second-order valence-corrected chi connectivity index (χ2v) is 3.60. The van der Waals surface area contributed by atoms with E-state index in [4.69, 9.17) is 9.84 Å². The highest BCUT2D eigenvalue weighted by atomic mass is 16.5. The molecule has 0 radical (unpaired) electrons. The van der Waals surface area contributed by atoms with Crippen LogP contribution in [0.3, 0.4) is 0 Å². The predicted molar refractivity (Wildman–Crippen MR) is 66.6 cm³/mol.